The molecule has 1 amide bonds. The third-order valence-electron chi connectivity index (χ3n) is 4.77. The number of benzene rings is 2. The number of carbonyl (C=O) groups excluding carboxylic acids is 1. The lowest BCUT2D eigenvalue weighted by Gasteiger charge is -2.21. The molecule has 0 bridgehead atoms. The highest BCUT2D eigenvalue weighted by Crippen LogP contribution is 2.39. The number of rotatable bonds is 7. The summed E-state index contributed by atoms with van der Waals surface area (Å²) >= 11 is 7.52. The van der Waals surface area contributed by atoms with Crippen LogP contribution in [0.25, 0.3) is 10.2 Å². The lowest BCUT2D eigenvalue weighted by molar-refractivity contribution is 0.0984. The van der Waals surface area contributed by atoms with Gasteiger partial charge in [0, 0.05) is 16.8 Å². The summed E-state index contributed by atoms with van der Waals surface area (Å²) < 4.78 is 17.1. The molecule has 4 rings (SSSR count). The minimum Gasteiger partial charge on any atom is -0.493 e. The fourth-order valence-corrected chi connectivity index (χ4v) is 4.48. The van der Waals surface area contributed by atoms with E-state index in [2.05, 4.69) is 9.97 Å². The van der Waals surface area contributed by atoms with E-state index in [1.165, 1.54) is 32.7 Å². The number of ether oxygens (including phenoxy) is 3. The number of methoxy groups -OCH3 is 3. The van der Waals surface area contributed by atoms with E-state index in [1.54, 1.807) is 29.3 Å². The molecule has 0 N–H and O–H groups in total. The van der Waals surface area contributed by atoms with E-state index < -0.39 is 0 Å². The van der Waals surface area contributed by atoms with Crippen molar-refractivity contribution in [1.82, 2.24) is 9.97 Å². The Labute approximate surface area is 194 Å². The number of amides is 1. The summed E-state index contributed by atoms with van der Waals surface area (Å²) in [7, 11) is 4.53. The Kier molecular flexibility index (Phi) is 6.43. The van der Waals surface area contributed by atoms with Gasteiger partial charge in [0.05, 0.1) is 43.8 Å². The summed E-state index contributed by atoms with van der Waals surface area (Å²) in [6.07, 6.45) is 1.69. The zero-order valence-corrected chi connectivity index (χ0v) is 19.2. The van der Waals surface area contributed by atoms with E-state index in [4.69, 9.17) is 25.8 Å². The maximum absolute atomic E-state index is 13.7. The van der Waals surface area contributed by atoms with Crippen LogP contribution in [-0.2, 0) is 6.54 Å². The zero-order chi connectivity index (χ0) is 22.7. The van der Waals surface area contributed by atoms with Gasteiger partial charge in [-0.05, 0) is 42.5 Å². The molecule has 2 aromatic carbocycles. The molecule has 0 aliphatic rings. The number of carbonyl (C=O) groups is 1. The van der Waals surface area contributed by atoms with Crippen molar-refractivity contribution >= 4 is 44.2 Å². The maximum Gasteiger partial charge on any atom is 0.260 e. The number of aromatic nitrogens is 2. The second-order valence-corrected chi connectivity index (χ2v) is 8.18. The third-order valence-corrected chi connectivity index (χ3v) is 6.05. The largest absolute Gasteiger partial charge is 0.493 e. The van der Waals surface area contributed by atoms with Crippen LogP contribution in [0.5, 0.6) is 17.2 Å². The number of fused-ring (bicyclic) bond motifs is 1. The van der Waals surface area contributed by atoms with E-state index in [1.807, 2.05) is 30.3 Å². The smallest absolute Gasteiger partial charge is 0.260 e. The highest BCUT2D eigenvalue weighted by molar-refractivity contribution is 7.22. The standard InChI is InChI=1S/C23H20ClN3O4S/c1-29-18-10-14(11-19(30-2)21(18)31-3)22(28)27(13-16-6-4-5-9-25-16)23-26-17-8-7-15(24)12-20(17)32-23/h4-12H,13H2,1-3H3. The molecule has 7 nitrogen and oxygen atoms in total. The first-order valence-corrected chi connectivity index (χ1v) is 10.8. The van der Waals surface area contributed by atoms with Crippen LogP contribution in [0.15, 0.2) is 54.7 Å². The molecule has 9 heteroatoms. The second-order valence-electron chi connectivity index (χ2n) is 6.73. The molecule has 0 fully saturated rings. The van der Waals surface area contributed by atoms with E-state index in [-0.39, 0.29) is 12.5 Å². The number of hydrogen-bond donors (Lipinski definition) is 0. The van der Waals surface area contributed by atoms with Crippen molar-refractivity contribution in [1.29, 1.82) is 0 Å². The molecule has 0 unspecified atom stereocenters. The van der Waals surface area contributed by atoms with E-state index in [9.17, 15) is 4.79 Å². The van der Waals surface area contributed by atoms with Crippen LogP contribution < -0.4 is 19.1 Å². The maximum atomic E-state index is 13.7. The Bertz CT molecular complexity index is 1240. The Morgan fingerprint density at radius 2 is 1.78 bits per heavy atom. The van der Waals surface area contributed by atoms with Crippen molar-refractivity contribution in [3.05, 3.63) is 71.0 Å². The average molecular weight is 470 g/mol. The molecular weight excluding hydrogens is 450 g/mol. The first-order chi connectivity index (χ1) is 15.5. The molecule has 0 aliphatic carbocycles. The van der Waals surface area contributed by atoms with Crippen LogP contribution in [0.3, 0.4) is 0 Å². The number of pyridine rings is 1. The van der Waals surface area contributed by atoms with Gasteiger partial charge in [0.15, 0.2) is 16.6 Å². The van der Waals surface area contributed by atoms with Gasteiger partial charge in [0.2, 0.25) is 5.75 Å². The molecule has 0 saturated carbocycles. The summed E-state index contributed by atoms with van der Waals surface area (Å²) in [6, 6.07) is 14.3. The molecule has 164 valence electrons. The summed E-state index contributed by atoms with van der Waals surface area (Å²) in [6.45, 7) is 0.240. The van der Waals surface area contributed by atoms with Gasteiger partial charge >= 0.3 is 0 Å². The molecule has 0 atom stereocenters. The first-order valence-electron chi connectivity index (χ1n) is 9.62. The molecule has 0 saturated heterocycles. The van der Waals surface area contributed by atoms with Gasteiger partial charge in [-0.15, -0.1) is 0 Å². The fraction of sp³-hybridized carbons (Fsp3) is 0.174. The van der Waals surface area contributed by atoms with Crippen LogP contribution in [0, 0.1) is 0 Å². The lowest BCUT2D eigenvalue weighted by atomic mass is 10.1. The molecule has 0 spiro atoms. The Balaban J connectivity index is 1.81. The van der Waals surface area contributed by atoms with Crippen LogP contribution in [0.1, 0.15) is 16.1 Å². The predicted molar refractivity (Wildman–Crippen MR) is 125 cm³/mol. The quantitative estimate of drug-likeness (QED) is 0.369. The summed E-state index contributed by atoms with van der Waals surface area (Å²) in [5, 5.41) is 1.15. The van der Waals surface area contributed by atoms with Crippen molar-refractivity contribution < 1.29 is 19.0 Å². The molecule has 0 aliphatic heterocycles. The molecule has 4 aromatic rings. The second kappa shape index (κ2) is 9.42. The minimum atomic E-state index is -0.278. The van der Waals surface area contributed by atoms with Crippen LogP contribution in [0.4, 0.5) is 5.13 Å². The van der Waals surface area contributed by atoms with Crippen molar-refractivity contribution in [3.63, 3.8) is 0 Å². The lowest BCUT2D eigenvalue weighted by Crippen LogP contribution is -2.30. The van der Waals surface area contributed by atoms with E-state index in [0.29, 0.717) is 33.0 Å². The van der Waals surface area contributed by atoms with Gasteiger partial charge in [0.25, 0.3) is 5.91 Å². The number of thiazole rings is 1. The van der Waals surface area contributed by atoms with Crippen LogP contribution in [-0.4, -0.2) is 37.2 Å². The first kappa shape index (κ1) is 21.9. The Morgan fingerprint density at radius 1 is 1.03 bits per heavy atom. The van der Waals surface area contributed by atoms with Gasteiger partial charge in [-0.1, -0.05) is 29.0 Å². The van der Waals surface area contributed by atoms with Gasteiger partial charge < -0.3 is 14.2 Å². The monoisotopic (exact) mass is 469 g/mol. The zero-order valence-electron chi connectivity index (χ0n) is 17.7. The van der Waals surface area contributed by atoms with Crippen molar-refractivity contribution in [3.8, 4) is 17.2 Å². The Morgan fingerprint density at radius 3 is 2.41 bits per heavy atom. The molecule has 0 radical (unpaired) electrons. The van der Waals surface area contributed by atoms with Crippen LogP contribution >= 0.6 is 22.9 Å². The molecular formula is C23H20ClN3O4S. The van der Waals surface area contributed by atoms with Gasteiger partial charge in [-0.3, -0.25) is 14.7 Å². The van der Waals surface area contributed by atoms with Crippen molar-refractivity contribution in [2.24, 2.45) is 0 Å². The number of anilines is 1. The van der Waals surface area contributed by atoms with Crippen molar-refractivity contribution in [2.45, 2.75) is 6.54 Å². The SMILES string of the molecule is COc1cc(C(=O)N(Cc2ccccn2)c2nc3ccc(Cl)cc3s2)cc(OC)c1OC. The highest BCUT2D eigenvalue weighted by atomic mass is 35.5. The molecule has 2 heterocycles. The summed E-state index contributed by atoms with van der Waals surface area (Å²) in [5.74, 6) is 0.922. The summed E-state index contributed by atoms with van der Waals surface area (Å²) in [5.41, 5.74) is 1.86. The third kappa shape index (κ3) is 4.32. The highest BCUT2D eigenvalue weighted by Gasteiger charge is 2.25. The topological polar surface area (TPSA) is 73.8 Å². The van der Waals surface area contributed by atoms with Crippen LogP contribution in [0.2, 0.25) is 5.02 Å². The number of nitrogens with zero attached hydrogens (tertiary/aromatic N) is 3. The molecule has 32 heavy (non-hydrogen) atoms. The van der Waals surface area contributed by atoms with E-state index >= 15 is 0 Å². The van der Waals surface area contributed by atoms with E-state index in [0.717, 1.165) is 15.9 Å². The van der Waals surface area contributed by atoms with Gasteiger partial charge in [-0.2, -0.15) is 0 Å². The fourth-order valence-electron chi connectivity index (χ4n) is 3.24. The molecule has 2 aromatic heterocycles. The average Bonchev–Trinajstić information content (AvgIpc) is 3.24. The normalized spacial score (nSPS) is 10.8. The predicted octanol–water partition coefficient (Wildman–Crippen LogP) is 5.22. The number of hydrogen-bond acceptors (Lipinski definition) is 7. The Hall–Kier alpha value is -3.36. The van der Waals surface area contributed by atoms with Crippen molar-refractivity contribution in [2.75, 3.05) is 26.2 Å². The number of halogens is 1. The van der Waals surface area contributed by atoms with Gasteiger partial charge in [-0.25, -0.2) is 4.98 Å². The summed E-state index contributed by atoms with van der Waals surface area (Å²) in [4.78, 5) is 24.3. The minimum absolute atomic E-state index is 0.240. The van der Waals surface area contributed by atoms with Gasteiger partial charge in [0.1, 0.15) is 0 Å².